The second kappa shape index (κ2) is 7.28. The molecule has 2 saturated heterocycles. The Balaban J connectivity index is 2.10. The summed E-state index contributed by atoms with van der Waals surface area (Å²) in [6.07, 6.45) is 7.51. The summed E-state index contributed by atoms with van der Waals surface area (Å²) in [4.78, 5) is 29.4. The van der Waals surface area contributed by atoms with E-state index in [4.69, 9.17) is 0 Å². The van der Waals surface area contributed by atoms with Gasteiger partial charge in [0.15, 0.2) is 0 Å². The molecule has 0 aromatic heterocycles. The van der Waals surface area contributed by atoms with E-state index in [1.165, 1.54) is 12.8 Å². The second-order valence-corrected chi connectivity index (χ2v) is 6.82. The Morgan fingerprint density at radius 1 is 1.10 bits per heavy atom. The summed E-state index contributed by atoms with van der Waals surface area (Å²) < 4.78 is 0. The Morgan fingerprint density at radius 3 is 2.52 bits per heavy atom. The predicted molar refractivity (Wildman–Crippen MR) is 83.8 cm³/mol. The van der Waals surface area contributed by atoms with Crippen LogP contribution in [0.4, 0.5) is 0 Å². The molecule has 2 unspecified atom stereocenters. The highest BCUT2D eigenvalue weighted by molar-refractivity contribution is 5.97. The van der Waals surface area contributed by atoms with Crippen LogP contribution in [0.3, 0.4) is 0 Å². The van der Waals surface area contributed by atoms with E-state index in [1.807, 2.05) is 9.80 Å². The maximum Gasteiger partial charge on any atom is 0.246 e. The van der Waals surface area contributed by atoms with Gasteiger partial charge in [-0.25, -0.2) is 0 Å². The van der Waals surface area contributed by atoms with Crippen LogP contribution in [0.25, 0.3) is 0 Å². The van der Waals surface area contributed by atoms with Gasteiger partial charge >= 0.3 is 0 Å². The van der Waals surface area contributed by atoms with Gasteiger partial charge in [0.25, 0.3) is 0 Å². The third-order valence-corrected chi connectivity index (χ3v) is 4.83. The van der Waals surface area contributed by atoms with Crippen LogP contribution >= 0.6 is 0 Å². The minimum Gasteiger partial charge on any atom is -0.329 e. The molecule has 2 atom stereocenters. The average Bonchev–Trinajstić information content (AvgIpc) is 2.48. The van der Waals surface area contributed by atoms with Crippen molar-refractivity contribution in [1.29, 1.82) is 0 Å². The molecule has 0 saturated carbocycles. The summed E-state index contributed by atoms with van der Waals surface area (Å²) in [6, 6.07) is -0.416. The van der Waals surface area contributed by atoms with Gasteiger partial charge < -0.3 is 9.80 Å². The monoisotopic (exact) mass is 294 g/mol. The maximum absolute atomic E-state index is 12.8. The molecular weight excluding hydrogens is 264 g/mol. The van der Waals surface area contributed by atoms with Crippen LogP contribution in [0, 0.1) is 5.92 Å². The number of hydrogen-bond acceptors (Lipinski definition) is 2. The van der Waals surface area contributed by atoms with Crippen molar-refractivity contribution < 1.29 is 9.59 Å². The quantitative estimate of drug-likeness (QED) is 0.707. The zero-order valence-electron chi connectivity index (χ0n) is 13.8. The molecule has 2 rings (SSSR count). The Bertz CT molecular complexity index is 381. The Morgan fingerprint density at radius 2 is 1.86 bits per heavy atom. The first kappa shape index (κ1) is 16.3. The van der Waals surface area contributed by atoms with Crippen molar-refractivity contribution in [2.75, 3.05) is 13.1 Å². The SMILES string of the molecule is CCCCCCN1C(=O)C2CCCCN2C(=O)C1C(C)C. The zero-order chi connectivity index (χ0) is 15.4. The van der Waals surface area contributed by atoms with E-state index in [0.29, 0.717) is 0 Å². The molecule has 2 heterocycles. The van der Waals surface area contributed by atoms with Gasteiger partial charge in [-0.15, -0.1) is 0 Å². The number of carbonyl (C=O) groups excluding carboxylic acids is 2. The third kappa shape index (κ3) is 3.41. The van der Waals surface area contributed by atoms with Crippen molar-refractivity contribution >= 4 is 11.8 Å². The van der Waals surface area contributed by atoms with Gasteiger partial charge in [-0.05, 0) is 31.6 Å². The molecule has 120 valence electrons. The number of unbranched alkanes of at least 4 members (excludes halogenated alkanes) is 3. The van der Waals surface area contributed by atoms with Gasteiger partial charge in [-0.1, -0.05) is 40.0 Å². The van der Waals surface area contributed by atoms with E-state index in [9.17, 15) is 9.59 Å². The maximum atomic E-state index is 12.8. The van der Waals surface area contributed by atoms with Crippen molar-refractivity contribution in [1.82, 2.24) is 9.80 Å². The predicted octanol–water partition coefficient (Wildman–Crippen LogP) is 2.81. The summed E-state index contributed by atoms with van der Waals surface area (Å²) in [5.41, 5.74) is 0. The van der Waals surface area contributed by atoms with Crippen LogP contribution < -0.4 is 0 Å². The lowest BCUT2D eigenvalue weighted by Gasteiger charge is -2.48. The molecule has 2 fully saturated rings. The molecule has 0 N–H and O–H groups in total. The molecule has 2 aliphatic heterocycles. The molecule has 21 heavy (non-hydrogen) atoms. The molecule has 0 aliphatic carbocycles. The number of piperazine rings is 1. The molecule has 0 radical (unpaired) electrons. The number of carbonyl (C=O) groups is 2. The van der Waals surface area contributed by atoms with Crippen LogP contribution in [-0.2, 0) is 9.59 Å². The van der Waals surface area contributed by atoms with Crippen LogP contribution in [-0.4, -0.2) is 46.8 Å². The molecule has 0 spiro atoms. The van der Waals surface area contributed by atoms with Gasteiger partial charge in [0.2, 0.25) is 11.8 Å². The lowest BCUT2D eigenvalue weighted by Crippen LogP contribution is -2.67. The second-order valence-electron chi connectivity index (χ2n) is 6.82. The van der Waals surface area contributed by atoms with E-state index in [-0.39, 0.29) is 29.8 Å². The lowest BCUT2D eigenvalue weighted by molar-refractivity contribution is -0.165. The minimum absolute atomic E-state index is 0.174. The molecule has 0 aromatic rings. The normalized spacial score (nSPS) is 26.5. The van der Waals surface area contributed by atoms with Crippen LogP contribution in [0.1, 0.15) is 65.7 Å². The van der Waals surface area contributed by atoms with E-state index >= 15 is 0 Å². The first-order valence-electron chi connectivity index (χ1n) is 8.69. The number of hydrogen-bond donors (Lipinski definition) is 0. The van der Waals surface area contributed by atoms with Gasteiger partial charge in [-0.3, -0.25) is 9.59 Å². The van der Waals surface area contributed by atoms with E-state index in [1.54, 1.807) is 0 Å². The summed E-state index contributed by atoms with van der Waals surface area (Å²) in [5.74, 6) is 0.574. The Kier molecular flexibility index (Phi) is 5.65. The first-order chi connectivity index (χ1) is 10.1. The van der Waals surface area contributed by atoms with E-state index < -0.39 is 0 Å². The van der Waals surface area contributed by atoms with Crippen molar-refractivity contribution in [2.45, 2.75) is 77.8 Å². The lowest BCUT2D eigenvalue weighted by atomic mass is 9.90. The standard InChI is InChI=1S/C17H30N2O2/c1-4-5-6-8-12-19-15(13(2)3)17(21)18-11-9-7-10-14(18)16(19)20/h13-15H,4-12H2,1-3H3. The van der Waals surface area contributed by atoms with Crippen molar-refractivity contribution in [3.05, 3.63) is 0 Å². The van der Waals surface area contributed by atoms with Gasteiger partial charge in [0.05, 0.1) is 0 Å². The minimum atomic E-state index is -0.242. The highest BCUT2D eigenvalue weighted by Gasteiger charge is 2.47. The fraction of sp³-hybridized carbons (Fsp3) is 0.882. The summed E-state index contributed by atoms with van der Waals surface area (Å²) >= 11 is 0. The number of piperidine rings is 1. The van der Waals surface area contributed by atoms with Gasteiger partial charge in [0.1, 0.15) is 12.1 Å². The van der Waals surface area contributed by atoms with Crippen LogP contribution in [0.2, 0.25) is 0 Å². The van der Waals surface area contributed by atoms with Crippen molar-refractivity contribution in [3.8, 4) is 0 Å². The molecule has 2 aliphatic rings. The fourth-order valence-electron chi connectivity index (χ4n) is 3.69. The van der Waals surface area contributed by atoms with Crippen LogP contribution in [0.5, 0.6) is 0 Å². The van der Waals surface area contributed by atoms with E-state index in [2.05, 4.69) is 20.8 Å². The molecule has 4 nitrogen and oxygen atoms in total. The topological polar surface area (TPSA) is 40.6 Å². The van der Waals surface area contributed by atoms with E-state index in [0.717, 1.165) is 45.2 Å². The molecular formula is C17H30N2O2. The number of amides is 2. The molecule has 2 amide bonds. The number of fused-ring (bicyclic) bond motifs is 1. The molecule has 0 aromatic carbocycles. The van der Waals surface area contributed by atoms with Crippen molar-refractivity contribution in [3.63, 3.8) is 0 Å². The highest BCUT2D eigenvalue weighted by atomic mass is 16.2. The number of nitrogens with zero attached hydrogens (tertiary/aromatic N) is 2. The molecule has 4 heteroatoms. The van der Waals surface area contributed by atoms with Crippen molar-refractivity contribution in [2.24, 2.45) is 5.92 Å². The Hall–Kier alpha value is -1.06. The number of rotatable bonds is 6. The average molecular weight is 294 g/mol. The van der Waals surface area contributed by atoms with Crippen LogP contribution in [0.15, 0.2) is 0 Å². The smallest absolute Gasteiger partial charge is 0.246 e. The summed E-state index contributed by atoms with van der Waals surface area (Å²) in [6.45, 7) is 7.81. The summed E-state index contributed by atoms with van der Waals surface area (Å²) in [7, 11) is 0. The highest BCUT2D eigenvalue weighted by Crippen LogP contribution is 2.29. The fourth-order valence-corrected chi connectivity index (χ4v) is 3.69. The molecule has 0 bridgehead atoms. The summed E-state index contributed by atoms with van der Waals surface area (Å²) in [5, 5.41) is 0. The zero-order valence-corrected chi connectivity index (χ0v) is 13.8. The van der Waals surface area contributed by atoms with Gasteiger partial charge in [0, 0.05) is 13.1 Å². The first-order valence-corrected chi connectivity index (χ1v) is 8.69. The largest absolute Gasteiger partial charge is 0.329 e. The third-order valence-electron chi connectivity index (χ3n) is 4.83. The Labute approximate surface area is 128 Å². The van der Waals surface area contributed by atoms with Gasteiger partial charge in [-0.2, -0.15) is 0 Å².